The number of carbonyl (C=O) groups is 1. The summed E-state index contributed by atoms with van der Waals surface area (Å²) in [5, 5.41) is 12.4. The molecule has 0 bridgehead atoms. The molecule has 1 amide bonds. The summed E-state index contributed by atoms with van der Waals surface area (Å²) in [5.41, 5.74) is 2.03. The molecule has 0 spiro atoms. The van der Waals surface area contributed by atoms with Gasteiger partial charge < -0.3 is 15.0 Å². The summed E-state index contributed by atoms with van der Waals surface area (Å²) in [6.45, 7) is 4.13. The minimum atomic E-state index is -0.294. The van der Waals surface area contributed by atoms with Crippen molar-refractivity contribution in [3.63, 3.8) is 0 Å². The zero-order valence-electron chi connectivity index (χ0n) is 12.3. The predicted octanol–water partition coefficient (Wildman–Crippen LogP) is 1.66. The van der Waals surface area contributed by atoms with E-state index in [1.807, 2.05) is 4.57 Å². The van der Waals surface area contributed by atoms with E-state index in [4.69, 9.17) is 0 Å². The van der Waals surface area contributed by atoms with Crippen molar-refractivity contribution in [3.05, 3.63) is 24.2 Å². The number of aliphatic hydroxyl groups is 1. The van der Waals surface area contributed by atoms with Gasteiger partial charge in [-0.15, -0.1) is 0 Å². The van der Waals surface area contributed by atoms with Gasteiger partial charge in [0.15, 0.2) is 5.65 Å². The second-order valence-electron chi connectivity index (χ2n) is 5.95. The molecule has 1 aliphatic rings. The fourth-order valence-electron chi connectivity index (χ4n) is 2.78. The summed E-state index contributed by atoms with van der Waals surface area (Å²) in [4.78, 5) is 20.9. The second-order valence-corrected chi connectivity index (χ2v) is 5.95. The molecular weight excluding hydrogens is 268 g/mol. The Labute approximate surface area is 123 Å². The van der Waals surface area contributed by atoms with Gasteiger partial charge in [-0.3, -0.25) is 4.79 Å². The number of hydrogen-bond donors (Lipinski definition) is 2. The van der Waals surface area contributed by atoms with Gasteiger partial charge in [0.2, 0.25) is 0 Å². The lowest BCUT2D eigenvalue weighted by molar-refractivity contribution is 0.0933. The molecule has 3 rings (SSSR count). The summed E-state index contributed by atoms with van der Waals surface area (Å²) in [5.74, 6) is -0.150. The molecule has 0 unspecified atom stereocenters. The fourth-order valence-corrected chi connectivity index (χ4v) is 2.78. The lowest BCUT2D eigenvalue weighted by Crippen LogP contribution is -2.33. The van der Waals surface area contributed by atoms with E-state index in [9.17, 15) is 9.90 Å². The van der Waals surface area contributed by atoms with E-state index in [2.05, 4.69) is 29.1 Å². The minimum Gasteiger partial charge on any atom is -0.393 e. The molecule has 2 aromatic rings. The van der Waals surface area contributed by atoms with E-state index < -0.39 is 0 Å². The van der Waals surface area contributed by atoms with E-state index in [-0.39, 0.29) is 24.1 Å². The highest BCUT2D eigenvalue weighted by Crippen LogP contribution is 2.20. The Bertz CT molecular complexity index is 665. The van der Waals surface area contributed by atoms with Gasteiger partial charge in [-0.25, -0.2) is 9.97 Å². The number of pyridine rings is 1. The van der Waals surface area contributed by atoms with E-state index in [1.165, 1.54) is 0 Å². The number of aromatic nitrogens is 3. The molecule has 0 saturated heterocycles. The molecule has 1 aliphatic carbocycles. The molecule has 2 aromatic heterocycles. The van der Waals surface area contributed by atoms with Crippen molar-refractivity contribution in [1.82, 2.24) is 19.9 Å². The Kier molecular flexibility index (Phi) is 3.63. The standard InChI is InChI=1S/C15H20N4O2/c1-9(2)19-8-17-13-5-10(7-16-14(13)19)15(21)18-11-3-4-12(20)6-11/h5,7-9,11-12,20H,3-4,6H2,1-2H3,(H,18,21)/t11-,12+/m1/s1. The third-order valence-corrected chi connectivity index (χ3v) is 3.97. The summed E-state index contributed by atoms with van der Waals surface area (Å²) in [6, 6.07) is 2.10. The smallest absolute Gasteiger partial charge is 0.253 e. The number of hydrogen-bond acceptors (Lipinski definition) is 4. The van der Waals surface area contributed by atoms with Crippen LogP contribution in [0.2, 0.25) is 0 Å². The maximum Gasteiger partial charge on any atom is 0.253 e. The van der Waals surface area contributed by atoms with Crippen molar-refractivity contribution in [2.75, 3.05) is 0 Å². The van der Waals surface area contributed by atoms with Gasteiger partial charge in [-0.05, 0) is 39.2 Å². The third-order valence-electron chi connectivity index (χ3n) is 3.97. The first-order valence-corrected chi connectivity index (χ1v) is 7.36. The van der Waals surface area contributed by atoms with Gasteiger partial charge in [0.25, 0.3) is 5.91 Å². The molecule has 1 fully saturated rings. The number of rotatable bonds is 3. The third kappa shape index (κ3) is 2.76. The van der Waals surface area contributed by atoms with Crippen LogP contribution in [0.4, 0.5) is 0 Å². The molecule has 0 aromatic carbocycles. The van der Waals surface area contributed by atoms with E-state index in [0.717, 1.165) is 24.0 Å². The first-order chi connectivity index (χ1) is 10.0. The van der Waals surface area contributed by atoms with E-state index >= 15 is 0 Å². The van der Waals surface area contributed by atoms with Gasteiger partial charge >= 0.3 is 0 Å². The number of nitrogens with zero attached hydrogens (tertiary/aromatic N) is 3. The Morgan fingerprint density at radius 3 is 2.90 bits per heavy atom. The first-order valence-electron chi connectivity index (χ1n) is 7.36. The Morgan fingerprint density at radius 1 is 1.43 bits per heavy atom. The number of nitrogens with one attached hydrogen (secondary N) is 1. The molecule has 6 heteroatoms. The quantitative estimate of drug-likeness (QED) is 0.900. The SMILES string of the molecule is CC(C)n1cnc2cc(C(=O)N[C@@H]3CC[C@H](O)C3)cnc21. The molecule has 6 nitrogen and oxygen atoms in total. The van der Waals surface area contributed by atoms with Crippen LogP contribution < -0.4 is 5.32 Å². The molecule has 1 saturated carbocycles. The first kappa shape index (κ1) is 14.0. The maximum absolute atomic E-state index is 12.2. The predicted molar refractivity (Wildman–Crippen MR) is 79.0 cm³/mol. The summed E-state index contributed by atoms with van der Waals surface area (Å²) >= 11 is 0. The van der Waals surface area contributed by atoms with Crippen molar-refractivity contribution in [1.29, 1.82) is 0 Å². The van der Waals surface area contributed by atoms with Crippen molar-refractivity contribution in [3.8, 4) is 0 Å². The maximum atomic E-state index is 12.2. The number of amides is 1. The largest absolute Gasteiger partial charge is 0.393 e. The van der Waals surface area contributed by atoms with Crippen LogP contribution >= 0.6 is 0 Å². The lowest BCUT2D eigenvalue weighted by Gasteiger charge is -2.12. The molecule has 112 valence electrons. The van der Waals surface area contributed by atoms with Crippen LogP contribution in [0.25, 0.3) is 11.2 Å². The minimum absolute atomic E-state index is 0.0522. The number of fused-ring (bicyclic) bond motifs is 1. The molecule has 0 radical (unpaired) electrons. The Balaban J connectivity index is 1.79. The fraction of sp³-hybridized carbons (Fsp3) is 0.533. The average molecular weight is 288 g/mol. The molecule has 21 heavy (non-hydrogen) atoms. The van der Waals surface area contributed by atoms with Gasteiger partial charge in [0.05, 0.1) is 18.0 Å². The van der Waals surface area contributed by atoms with Crippen molar-refractivity contribution >= 4 is 17.1 Å². The van der Waals surface area contributed by atoms with E-state index in [0.29, 0.717) is 12.0 Å². The molecular formula is C15H20N4O2. The number of imidazole rings is 1. The van der Waals surface area contributed by atoms with Crippen LogP contribution in [-0.2, 0) is 0 Å². The van der Waals surface area contributed by atoms with Gasteiger partial charge in [-0.1, -0.05) is 0 Å². The molecule has 2 heterocycles. The molecule has 2 atom stereocenters. The van der Waals surface area contributed by atoms with E-state index in [1.54, 1.807) is 18.6 Å². The molecule has 0 aliphatic heterocycles. The molecule has 2 N–H and O–H groups in total. The summed E-state index contributed by atoms with van der Waals surface area (Å²) in [6.07, 6.45) is 5.24. The zero-order valence-corrected chi connectivity index (χ0v) is 12.3. The van der Waals surface area contributed by atoms with Gasteiger partial charge in [0.1, 0.15) is 5.52 Å². The lowest BCUT2D eigenvalue weighted by atomic mass is 10.2. The van der Waals surface area contributed by atoms with Crippen LogP contribution in [0, 0.1) is 0 Å². The number of carbonyl (C=O) groups excluding carboxylic acids is 1. The second kappa shape index (κ2) is 5.44. The zero-order chi connectivity index (χ0) is 15.0. The van der Waals surface area contributed by atoms with Crippen LogP contribution in [0.1, 0.15) is 49.5 Å². The normalized spacial score (nSPS) is 22.1. The Hall–Kier alpha value is -1.95. The van der Waals surface area contributed by atoms with Crippen molar-refractivity contribution in [2.24, 2.45) is 0 Å². The summed E-state index contributed by atoms with van der Waals surface area (Å²) < 4.78 is 1.98. The van der Waals surface area contributed by atoms with Crippen molar-refractivity contribution in [2.45, 2.75) is 51.3 Å². The highest BCUT2D eigenvalue weighted by atomic mass is 16.3. The van der Waals surface area contributed by atoms with Crippen LogP contribution in [-0.4, -0.2) is 37.7 Å². The topological polar surface area (TPSA) is 80.0 Å². The highest BCUT2D eigenvalue weighted by molar-refractivity contribution is 5.96. The highest BCUT2D eigenvalue weighted by Gasteiger charge is 2.24. The van der Waals surface area contributed by atoms with Gasteiger partial charge in [0, 0.05) is 18.3 Å². The van der Waals surface area contributed by atoms with Crippen LogP contribution in [0.15, 0.2) is 18.6 Å². The number of aliphatic hydroxyl groups excluding tert-OH is 1. The van der Waals surface area contributed by atoms with Crippen LogP contribution in [0.5, 0.6) is 0 Å². The van der Waals surface area contributed by atoms with Gasteiger partial charge in [-0.2, -0.15) is 0 Å². The average Bonchev–Trinajstić information content (AvgIpc) is 3.04. The Morgan fingerprint density at radius 2 is 2.24 bits per heavy atom. The van der Waals surface area contributed by atoms with Crippen LogP contribution in [0.3, 0.4) is 0 Å². The monoisotopic (exact) mass is 288 g/mol. The van der Waals surface area contributed by atoms with Crippen molar-refractivity contribution < 1.29 is 9.90 Å². The summed E-state index contributed by atoms with van der Waals surface area (Å²) in [7, 11) is 0.